The van der Waals surface area contributed by atoms with Crippen molar-refractivity contribution >= 4 is 5.82 Å². The van der Waals surface area contributed by atoms with Crippen molar-refractivity contribution in [3.8, 4) is 0 Å². The Kier molecular flexibility index (Phi) is 5.08. The topological polar surface area (TPSA) is 42.1 Å². The fourth-order valence-electron chi connectivity index (χ4n) is 2.73. The van der Waals surface area contributed by atoms with Crippen LogP contribution in [0.3, 0.4) is 0 Å². The van der Waals surface area contributed by atoms with E-state index in [1.807, 2.05) is 17.0 Å². The van der Waals surface area contributed by atoms with Crippen LogP contribution in [0.15, 0.2) is 12.1 Å². The van der Waals surface area contributed by atoms with Crippen LogP contribution in [0.4, 0.5) is 19.0 Å². The lowest BCUT2D eigenvalue weighted by Gasteiger charge is -2.34. The van der Waals surface area contributed by atoms with Gasteiger partial charge in [-0.15, -0.1) is 0 Å². The van der Waals surface area contributed by atoms with Crippen LogP contribution in [0.5, 0.6) is 0 Å². The van der Waals surface area contributed by atoms with Crippen molar-refractivity contribution in [3.05, 3.63) is 23.4 Å². The van der Waals surface area contributed by atoms with Gasteiger partial charge in [0.25, 0.3) is 0 Å². The third-order valence-electron chi connectivity index (χ3n) is 3.95. The van der Waals surface area contributed by atoms with Gasteiger partial charge in [0.05, 0.1) is 5.92 Å². The molecular formula is C15H22F3N3. The van der Waals surface area contributed by atoms with Crippen LogP contribution < -0.4 is 10.6 Å². The fraction of sp³-hybridized carbons (Fsp3) is 0.667. The summed E-state index contributed by atoms with van der Waals surface area (Å²) in [4.78, 5) is 6.52. The van der Waals surface area contributed by atoms with E-state index in [0.29, 0.717) is 19.6 Å². The van der Waals surface area contributed by atoms with E-state index in [4.69, 9.17) is 5.73 Å². The van der Waals surface area contributed by atoms with Gasteiger partial charge < -0.3 is 10.6 Å². The molecule has 0 aromatic carbocycles. The van der Waals surface area contributed by atoms with Gasteiger partial charge in [0, 0.05) is 25.3 Å². The SMILES string of the molecule is CCCc1cc(CN)cc(N2CCC(C(F)(F)F)CC2)n1. The van der Waals surface area contributed by atoms with E-state index in [1.54, 1.807) is 0 Å². The molecule has 21 heavy (non-hydrogen) atoms. The number of alkyl halides is 3. The number of pyridine rings is 1. The predicted molar refractivity (Wildman–Crippen MR) is 77.1 cm³/mol. The van der Waals surface area contributed by atoms with Crippen molar-refractivity contribution < 1.29 is 13.2 Å². The monoisotopic (exact) mass is 301 g/mol. The molecule has 1 aliphatic heterocycles. The number of hydrogen-bond acceptors (Lipinski definition) is 3. The average molecular weight is 301 g/mol. The first-order chi connectivity index (χ1) is 9.94. The number of aryl methyl sites for hydroxylation is 1. The van der Waals surface area contributed by atoms with E-state index in [-0.39, 0.29) is 12.8 Å². The number of rotatable bonds is 4. The summed E-state index contributed by atoms with van der Waals surface area (Å²) in [5.41, 5.74) is 7.65. The number of nitrogens with zero attached hydrogens (tertiary/aromatic N) is 2. The molecule has 0 radical (unpaired) electrons. The van der Waals surface area contributed by atoms with Crippen LogP contribution in [0.1, 0.15) is 37.4 Å². The maximum atomic E-state index is 12.7. The first-order valence-corrected chi connectivity index (χ1v) is 7.45. The van der Waals surface area contributed by atoms with Crippen LogP contribution in [-0.2, 0) is 13.0 Å². The molecule has 2 rings (SSSR count). The smallest absolute Gasteiger partial charge is 0.357 e. The Hall–Kier alpha value is -1.30. The number of piperidine rings is 1. The lowest BCUT2D eigenvalue weighted by Crippen LogP contribution is -2.39. The summed E-state index contributed by atoms with van der Waals surface area (Å²) in [5.74, 6) is -0.413. The van der Waals surface area contributed by atoms with Gasteiger partial charge in [0.2, 0.25) is 0 Å². The molecule has 0 spiro atoms. The lowest BCUT2D eigenvalue weighted by atomic mass is 9.96. The molecule has 0 atom stereocenters. The third-order valence-corrected chi connectivity index (χ3v) is 3.95. The Morgan fingerprint density at radius 3 is 2.48 bits per heavy atom. The molecule has 1 saturated heterocycles. The van der Waals surface area contributed by atoms with Gasteiger partial charge in [-0.1, -0.05) is 13.3 Å². The highest BCUT2D eigenvalue weighted by Crippen LogP contribution is 2.35. The van der Waals surface area contributed by atoms with Crippen molar-refractivity contribution in [2.24, 2.45) is 11.7 Å². The molecule has 0 bridgehead atoms. The normalized spacial score (nSPS) is 17.3. The van der Waals surface area contributed by atoms with Crippen molar-refractivity contribution in [2.45, 2.75) is 45.3 Å². The zero-order valence-electron chi connectivity index (χ0n) is 12.3. The van der Waals surface area contributed by atoms with E-state index in [1.165, 1.54) is 0 Å². The predicted octanol–water partition coefficient (Wildman–Crippen LogP) is 3.27. The van der Waals surface area contributed by atoms with Crippen molar-refractivity contribution in [1.29, 1.82) is 0 Å². The molecule has 0 amide bonds. The standard InChI is InChI=1S/C15H22F3N3/c1-2-3-13-8-11(10-19)9-14(20-13)21-6-4-12(5-7-21)15(16,17)18/h8-9,12H,2-7,10,19H2,1H3. The molecule has 1 aromatic heterocycles. The van der Waals surface area contributed by atoms with E-state index in [2.05, 4.69) is 11.9 Å². The highest BCUT2D eigenvalue weighted by molar-refractivity contribution is 5.43. The molecule has 0 aliphatic carbocycles. The molecule has 118 valence electrons. The molecular weight excluding hydrogens is 279 g/mol. The van der Waals surface area contributed by atoms with Gasteiger partial charge >= 0.3 is 6.18 Å². The zero-order valence-corrected chi connectivity index (χ0v) is 12.3. The zero-order chi connectivity index (χ0) is 15.5. The third kappa shape index (κ3) is 4.09. The van der Waals surface area contributed by atoms with Gasteiger partial charge in [-0.2, -0.15) is 13.2 Å². The Bertz CT molecular complexity index is 466. The highest BCUT2D eigenvalue weighted by atomic mass is 19.4. The number of nitrogens with two attached hydrogens (primary N) is 1. The summed E-state index contributed by atoms with van der Waals surface area (Å²) in [5, 5.41) is 0. The minimum Gasteiger partial charge on any atom is -0.357 e. The molecule has 6 heteroatoms. The Labute approximate surface area is 123 Å². The minimum atomic E-state index is -4.08. The molecule has 1 aromatic rings. The molecule has 1 aliphatic rings. The van der Waals surface area contributed by atoms with Gasteiger partial charge in [-0.05, 0) is 37.0 Å². The van der Waals surface area contributed by atoms with Gasteiger partial charge in [0.15, 0.2) is 0 Å². The molecule has 1 fully saturated rings. The second-order valence-corrected chi connectivity index (χ2v) is 5.58. The van der Waals surface area contributed by atoms with Crippen molar-refractivity contribution in [3.63, 3.8) is 0 Å². The van der Waals surface area contributed by atoms with E-state index in [0.717, 1.165) is 29.9 Å². The molecule has 3 nitrogen and oxygen atoms in total. The number of anilines is 1. The first-order valence-electron chi connectivity index (χ1n) is 7.45. The van der Waals surface area contributed by atoms with Crippen LogP contribution >= 0.6 is 0 Å². The first kappa shape index (κ1) is 16.1. The summed E-state index contributed by atoms with van der Waals surface area (Å²) in [7, 11) is 0. The molecule has 0 unspecified atom stereocenters. The van der Waals surface area contributed by atoms with Crippen LogP contribution in [0.25, 0.3) is 0 Å². The second-order valence-electron chi connectivity index (χ2n) is 5.58. The summed E-state index contributed by atoms with van der Waals surface area (Å²) in [6.07, 6.45) is -1.95. The average Bonchev–Trinajstić information content (AvgIpc) is 2.46. The maximum Gasteiger partial charge on any atom is 0.391 e. The van der Waals surface area contributed by atoms with Gasteiger partial charge in [0.1, 0.15) is 5.82 Å². The van der Waals surface area contributed by atoms with E-state index in [9.17, 15) is 13.2 Å². The summed E-state index contributed by atoms with van der Waals surface area (Å²) in [6.45, 7) is 3.30. The Morgan fingerprint density at radius 1 is 1.29 bits per heavy atom. The lowest BCUT2D eigenvalue weighted by molar-refractivity contribution is -0.179. The largest absolute Gasteiger partial charge is 0.391 e. The quantitative estimate of drug-likeness (QED) is 0.928. The summed E-state index contributed by atoms with van der Waals surface area (Å²) < 4.78 is 38.1. The van der Waals surface area contributed by atoms with Crippen molar-refractivity contribution in [2.75, 3.05) is 18.0 Å². The van der Waals surface area contributed by atoms with Crippen LogP contribution in [0.2, 0.25) is 0 Å². The second kappa shape index (κ2) is 6.64. The fourth-order valence-corrected chi connectivity index (χ4v) is 2.73. The van der Waals surface area contributed by atoms with E-state index >= 15 is 0 Å². The van der Waals surface area contributed by atoms with E-state index < -0.39 is 12.1 Å². The van der Waals surface area contributed by atoms with Gasteiger partial charge in [-0.3, -0.25) is 0 Å². The van der Waals surface area contributed by atoms with Crippen molar-refractivity contribution in [1.82, 2.24) is 4.98 Å². The highest BCUT2D eigenvalue weighted by Gasteiger charge is 2.41. The number of hydrogen-bond donors (Lipinski definition) is 1. The summed E-state index contributed by atoms with van der Waals surface area (Å²) in [6, 6.07) is 3.88. The van der Waals surface area contributed by atoms with Crippen LogP contribution in [0, 0.1) is 5.92 Å². The molecule has 2 N–H and O–H groups in total. The minimum absolute atomic E-state index is 0.140. The Balaban J connectivity index is 2.10. The molecule has 0 saturated carbocycles. The van der Waals surface area contributed by atoms with Gasteiger partial charge in [-0.25, -0.2) is 4.98 Å². The number of halogens is 3. The van der Waals surface area contributed by atoms with Crippen LogP contribution in [-0.4, -0.2) is 24.2 Å². The molecule has 2 heterocycles. The number of aromatic nitrogens is 1. The maximum absolute atomic E-state index is 12.7. The Morgan fingerprint density at radius 2 is 1.95 bits per heavy atom. The summed E-state index contributed by atoms with van der Waals surface area (Å²) >= 11 is 0.